The maximum atomic E-state index is 12.8. The summed E-state index contributed by atoms with van der Waals surface area (Å²) >= 11 is 0. The number of ketones is 1. The van der Waals surface area contributed by atoms with Gasteiger partial charge in [0.15, 0.2) is 11.6 Å². The number of Topliss-reactive ketones (excluding diaryl/α,β-unsaturated/α-hetero) is 1. The van der Waals surface area contributed by atoms with Gasteiger partial charge in [0.25, 0.3) is 0 Å². The molecule has 2 aromatic heterocycles. The van der Waals surface area contributed by atoms with Crippen LogP contribution in [0.2, 0.25) is 0 Å². The molecule has 0 unspecified atom stereocenters. The summed E-state index contributed by atoms with van der Waals surface area (Å²) in [5, 5.41) is 8.03. The van der Waals surface area contributed by atoms with Gasteiger partial charge in [-0.3, -0.25) is 14.5 Å². The minimum atomic E-state index is 0.0352. The lowest BCUT2D eigenvalue weighted by atomic mass is 10.0. The van der Waals surface area contributed by atoms with Crippen LogP contribution in [0.15, 0.2) is 73.1 Å². The zero-order chi connectivity index (χ0) is 23.2. The van der Waals surface area contributed by atoms with Crippen molar-refractivity contribution < 1.29 is 4.79 Å². The Kier molecular flexibility index (Phi) is 6.98. The van der Waals surface area contributed by atoms with Crippen molar-refractivity contribution in [3.05, 3.63) is 95.4 Å². The van der Waals surface area contributed by atoms with Gasteiger partial charge >= 0.3 is 0 Å². The van der Waals surface area contributed by atoms with Gasteiger partial charge in [0.2, 0.25) is 0 Å². The first-order valence-electron chi connectivity index (χ1n) is 11.5. The van der Waals surface area contributed by atoms with Gasteiger partial charge in [-0.25, -0.2) is 0 Å². The highest BCUT2D eigenvalue weighted by Crippen LogP contribution is 2.28. The average molecular weight is 439 g/mol. The van der Waals surface area contributed by atoms with Crippen LogP contribution in [0.1, 0.15) is 53.9 Å². The lowest BCUT2D eigenvalue weighted by Gasteiger charge is -2.12. The summed E-state index contributed by atoms with van der Waals surface area (Å²) in [6, 6.07) is 20.8. The monoisotopic (exact) mass is 438 g/mol. The highest BCUT2D eigenvalue weighted by atomic mass is 16.1. The fourth-order valence-electron chi connectivity index (χ4n) is 3.91. The normalized spacial score (nSPS) is 10.9. The topological polar surface area (TPSA) is 59.8 Å². The SMILES string of the molecule is CCCC(=O)c1ncc(-c2cccc(CC)c2)cc1Nc1ccn(Cc2cccc(C)c2)n1. The summed E-state index contributed by atoms with van der Waals surface area (Å²) < 4.78 is 1.90. The van der Waals surface area contributed by atoms with Crippen LogP contribution in [0, 0.1) is 6.92 Å². The van der Waals surface area contributed by atoms with Crippen molar-refractivity contribution in [1.29, 1.82) is 0 Å². The zero-order valence-electron chi connectivity index (χ0n) is 19.5. The number of nitrogens with zero attached hydrogens (tertiary/aromatic N) is 3. The summed E-state index contributed by atoms with van der Waals surface area (Å²) in [6.45, 7) is 6.92. The molecule has 2 aromatic carbocycles. The van der Waals surface area contributed by atoms with Crippen LogP contribution in [0.4, 0.5) is 11.5 Å². The second-order valence-electron chi connectivity index (χ2n) is 8.36. The number of hydrogen-bond acceptors (Lipinski definition) is 4. The predicted molar refractivity (Wildman–Crippen MR) is 134 cm³/mol. The van der Waals surface area contributed by atoms with Crippen LogP contribution < -0.4 is 5.32 Å². The Hall–Kier alpha value is -3.73. The molecule has 5 nitrogen and oxygen atoms in total. The third-order valence-corrected chi connectivity index (χ3v) is 5.63. The molecule has 1 N–H and O–H groups in total. The molecule has 0 amide bonds. The van der Waals surface area contributed by atoms with Gasteiger partial charge in [-0.15, -0.1) is 0 Å². The van der Waals surface area contributed by atoms with E-state index in [-0.39, 0.29) is 5.78 Å². The molecule has 0 aliphatic heterocycles. The number of carbonyl (C=O) groups is 1. The van der Waals surface area contributed by atoms with E-state index in [9.17, 15) is 4.79 Å². The minimum absolute atomic E-state index is 0.0352. The number of rotatable bonds is 9. The minimum Gasteiger partial charge on any atom is -0.337 e. The molecule has 0 aliphatic rings. The van der Waals surface area contributed by atoms with Crippen molar-refractivity contribution in [2.24, 2.45) is 0 Å². The van der Waals surface area contributed by atoms with Gasteiger partial charge < -0.3 is 5.32 Å². The van der Waals surface area contributed by atoms with Crippen LogP contribution in [-0.4, -0.2) is 20.5 Å². The zero-order valence-corrected chi connectivity index (χ0v) is 19.5. The molecule has 5 heteroatoms. The van der Waals surface area contributed by atoms with Crippen LogP contribution >= 0.6 is 0 Å². The summed E-state index contributed by atoms with van der Waals surface area (Å²) in [5.74, 6) is 0.725. The summed E-state index contributed by atoms with van der Waals surface area (Å²) in [5.41, 5.74) is 6.90. The smallest absolute Gasteiger partial charge is 0.183 e. The van der Waals surface area contributed by atoms with E-state index in [1.165, 1.54) is 16.7 Å². The van der Waals surface area contributed by atoms with Crippen molar-refractivity contribution in [2.45, 2.75) is 46.6 Å². The molecule has 2 heterocycles. The average Bonchev–Trinajstić information content (AvgIpc) is 3.25. The largest absolute Gasteiger partial charge is 0.337 e. The highest BCUT2D eigenvalue weighted by molar-refractivity contribution is 6.00. The summed E-state index contributed by atoms with van der Waals surface area (Å²) in [4.78, 5) is 17.3. The Labute approximate surface area is 195 Å². The quantitative estimate of drug-likeness (QED) is 0.299. The Morgan fingerprint density at radius 2 is 1.79 bits per heavy atom. The van der Waals surface area contributed by atoms with E-state index < -0.39 is 0 Å². The standard InChI is InChI=1S/C28H30N4O/c1-4-8-26(33)28-25(17-24(18-29-28)23-12-7-10-21(5-2)16-23)30-27-13-14-32(31-27)19-22-11-6-9-20(3)15-22/h6-7,9-18H,4-5,8,19H2,1-3H3,(H,30,31). The van der Waals surface area contributed by atoms with E-state index in [1.54, 1.807) is 6.20 Å². The predicted octanol–water partition coefficient (Wildman–Crippen LogP) is 6.59. The molecule has 0 aliphatic carbocycles. The van der Waals surface area contributed by atoms with Crippen molar-refractivity contribution >= 4 is 17.3 Å². The van der Waals surface area contributed by atoms with Gasteiger partial charge in [-0.2, -0.15) is 5.10 Å². The molecule has 0 fully saturated rings. The molecule has 0 radical (unpaired) electrons. The molecule has 0 saturated carbocycles. The van der Waals surface area contributed by atoms with Crippen molar-refractivity contribution in [3.8, 4) is 11.1 Å². The van der Waals surface area contributed by atoms with Crippen LogP contribution in [0.3, 0.4) is 0 Å². The van der Waals surface area contributed by atoms with E-state index in [4.69, 9.17) is 0 Å². The lowest BCUT2D eigenvalue weighted by Crippen LogP contribution is -2.08. The maximum Gasteiger partial charge on any atom is 0.183 e. The maximum absolute atomic E-state index is 12.8. The van der Waals surface area contributed by atoms with Crippen LogP contribution in [-0.2, 0) is 13.0 Å². The van der Waals surface area contributed by atoms with E-state index in [1.807, 2.05) is 29.9 Å². The fourth-order valence-corrected chi connectivity index (χ4v) is 3.91. The lowest BCUT2D eigenvalue weighted by molar-refractivity contribution is 0.0978. The van der Waals surface area contributed by atoms with Gasteiger partial charge in [-0.05, 0) is 42.5 Å². The van der Waals surface area contributed by atoms with Gasteiger partial charge in [0.05, 0.1) is 12.2 Å². The van der Waals surface area contributed by atoms with Crippen molar-refractivity contribution in [1.82, 2.24) is 14.8 Å². The number of benzene rings is 2. The molecule has 33 heavy (non-hydrogen) atoms. The van der Waals surface area contributed by atoms with E-state index in [0.717, 1.165) is 24.0 Å². The van der Waals surface area contributed by atoms with Gasteiger partial charge in [0.1, 0.15) is 5.69 Å². The Bertz CT molecular complexity index is 1260. The number of anilines is 2. The number of aromatic nitrogens is 3. The second kappa shape index (κ2) is 10.3. The van der Waals surface area contributed by atoms with E-state index >= 15 is 0 Å². The third-order valence-electron chi connectivity index (χ3n) is 5.63. The molecular weight excluding hydrogens is 408 g/mol. The highest BCUT2D eigenvalue weighted by Gasteiger charge is 2.15. The number of pyridine rings is 1. The molecule has 0 saturated heterocycles. The number of nitrogens with one attached hydrogen (secondary N) is 1. The van der Waals surface area contributed by atoms with Gasteiger partial charge in [-0.1, -0.05) is 67.9 Å². The summed E-state index contributed by atoms with van der Waals surface area (Å²) in [7, 11) is 0. The molecule has 168 valence electrons. The number of carbonyl (C=O) groups excluding carboxylic acids is 1. The molecule has 0 bridgehead atoms. The second-order valence-corrected chi connectivity index (χ2v) is 8.36. The van der Waals surface area contributed by atoms with E-state index in [2.05, 4.69) is 77.8 Å². The van der Waals surface area contributed by atoms with Crippen LogP contribution in [0.5, 0.6) is 0 Å². The Morgan fingerprint density at radius 3 is 2.58 bits per heavy atom. The Morgan fingerprint density at radius 1 is 0.970 bits per heavy atom. The first-order chi connectivity index (χ1) is 16.1. The third kappa shape index (κ3) is 5.55. The van der Waals surface area contributed by atoms with E-state index in [0.29, 0.717) is 30.2 Å². The number of hydrogen-bond donors (Lipinski definition) is 1. The summed E-state index contributed by atoms with van der Waals surface area (Å²) in [6.07, 6.45) is 5.96. The van der Waals surface area contributed by atoms with Gasteiger partial charge in [0, 0.05) is 30.4 Å². The fraction of sp³-hybridized carbons (Fsp3) is 0.250. The number of aryl methyl sites for hydroxylation is 2. The molecule has 0 spiro atoms. The Balaban J connectivity index is 1.63. The van der Waals surface area contributed by atoms with Crippen molar-refractivity contribution in [2.75, 3.05) is 5.32 Å². The first-order valence-corrected chi connectivity index (χ1v) is 11.5. The first kappa shape index (κ1) is 22.5. The van der Waals surface area contributed by atoms with Crippen LogP contribution in [0.25, 0.3) is 11.1 Å². The molecule has 4 rings (SSSR count). The van der Waals surface area contributed by atoms with Crippen molar-refractivity contribution in [3.63, 3.8) is 0 Å². The molecular formula is C28H30N4O. The molecule has 4 aromatic rings. The molecule has 0 atom stereocenters.